The summed E-state index contributed by atoms with van der Waals surface area (Å²) in [6, 6.07) is 16.1. The zero-order valence-electron chi connectivity index (χ0n) is 17.2. The van der Waals surface area contributed by atoms with Gasteiger partial charge >= 0.3 is 0 Å². The van der Waals surface area contributed by atoms with E-state index in [1.54, 1.807) is 43.5 Å². The molecule has 4 aromatic rings. The number of halogens is 1. The Bertz CT molecular complexity index is 1420. The second kappa shape index (κ2) is 8.60. The second-order valence-electron chi connectivity index (χ2n) is 6.99. The topological polar surface area (TPSA) is 103 Å². The Balaban J connectivity index is 1.66. The van der Waals surface area contributed by atoms with E-state index in [4.69, 9.17) is 16.3 Å². The van der Waals surface area contributed by atoms with Crippen LogP contribution in [0.15, 0.2) is 65.6 Å². The van der Waals surface area contributed by atoms with Gasteiger partial charge in [0.15, 0.2) is 5.65 Å². The lowest BCUT2D eigenvalue weighted by molar-refractivity contribution is 0.0977. The number of methoxy groups -OCH3 is 1. The lowest BCUT2D eigenvalue weighted by Crippen LogP contribution is -2.31. The molecule has 0 aliphatic carbocycles. The molecule has 1 amide bonds. The Hall–Kier alpha value is -3.43. The number of fused-ring (bicyclic) bond motifs is 1. The average molecular weight is 471 g/mol. The van der Waals surface area contributed by atoms with Crippen LogP contribution in [0.25, 0.3) is 11.2 Å². The number of nitrogens with zero attached hydrogens (tertiary/aromatic N) is 3. The van der Waals surface area contributed by atoms with Crippen molar-refractivity contribution in [1.82, 2.24) is 19.3 Å². The van der Waals surface area contributed by atoms with Gasteiger partial charge in [0.2, 0.25) is 0 Å². The predicted octanol–water partition coefficient (Wildman–Crippen LogP) is 3.57. The highest BCUT2D eigenvalue weighted by Crippen LogP contribution is 2.25. The summed E-state index contributed by atoms with van der Waals surface area (Å²) in [5, 5.41) is 0.522. The van der Waals surface area contributed by atoms with Crippen molar-refractivity contribution in [2.45, 2.75) is 18.4 Å². The van der Waals surface area contributed by atoms with E-state index in [0.717, 1.165) is 5.56 Å². The highest BCUT2D eigenvalue weighted by atomic mass is 35.5. The van der Waals surface area contributed by atoms with Gasteiger partial charge in [-0.05, 0) is 48.9 Å². The first-order chi connectivity index (χ1) is 15.3. The van der Waals surface area contributed by atoms with Gasteiger partial charge in [0.05, 0.1) is 18.6 Å². The van der Waals surface area contributed by atoms with Crippen LogP contribution in [0.4, 0.5) is 0 Å². The minimum Gasteiger partial charge on any atom is -0.497 e. The van der Waals surface area contributed by atoms with Crippen LogP contribution in [0.3, 0.4) is 0 Å². The third kappa shape index (κ3) is 4.30. The molecule has 2 aromatic carbocycles. The number of ether oxygens (including phenoxy) is 1. The summed E-state index contributed by atoms with van der Waals surface area (Å²) < 4.78 is 34.0. The van der Waals surface area contributed by atoms with Crippen molar-refractivity contribution in [1.29, 1.82) is 0 Å². The Morgan fingerprint density at radius 1 is 1.09 bits per heavy atom. The molecule has 0 saturated carbocycles. The van der Waals surface area contributed by atoms with Crippen LogP contribution >= 0.6 is 11.6 Å². The Morgan fingerprint density at radius 3 is 2.53 bits per heavy atom. The molecule has 0 unspecified atom stereocenters. The van der Waals surface area contributed by atoms with Gasteiger partial charge in [0, 0.05) is 5.02 Å². The van der Waals surface area contributed by atoms with Gasteiger partial charge in [0.1, 0.15) is 22.8 Å². The van der Waals surface area contributed by atoms with Crippen LogP contribution in [0.5, 0.6) is 5.75 Å². The molecule has 1 N–H and O–H groups in total. The smallest absolute Gasteiger partial charge is 0.283 e. The van der Waals surface area contributed by atoms with Crippen molar-refractivity contribution < 1.29 is 17.9 Å². The quantitative estimate of drug-likeness (QED) is 0.462. The molecule has 8 nitrogen and oxygen atoms in total. The van der Waals surface area contributed by atoms with E-state index in [2.05, 4.69) is 14.7 Å². The van der Waals surface area contributed by atoms with Crippen LogP contribution in [-0.4, -0.2) is 36.0 Å². The monoisotopic (exact) mass is 470 g/mol. The lowest BCUT2D eigenvalue weighted by Gasteiger charge is -2.10. The Kier molecular flexibility index (Phi) is 5.86. The van der Waals surface area contributed by atoms with E-state index < -0.39 is 15.9 Å². The van der Waals surface area contributed by atoms with E-state index in [1.165, 1.54) is 18.2 Å². The first kappa shape index (κ1) is 21.8. The first-order valence-corrected chi connectivity index (χ1v) is 11.4. The van der Waals surface area contributed by atoms with Crippen molar-refractivity contribution in [3.05, 3.63) is 82.8 Å². The molecule has 0 aliphatic heterocycles. The summed E-state index contributed by atoms with van der Waals surface area (Å²) in [7, 11) is -2.46. The lowest BCUT2D eigenvalue weighted by atomic mass is 10.2. The number of amides is 1. The maximum absolute atomic E-state index is 12.7. The molecule has 0 fully saturated rings. The van der Waals surface area contributed by atoms with Gasteiger partial charge in [-0.2, -0.15) is 0 Å². The molecule has 0 atom stereocenters. The van der Waals surface area contributed by atoms with Crippen LogP contribution in [0.1, 0.15) is 21.9 Å². The van der Waals surface area contributed by atoms with Gasteiger partial charge in [-0.1, -0.05) is 35.9 Å². The number of nitrogens with one attached hydrogen (secondary N) is 1. The maximum atomic E-state index is 12.7. The number of carbonyl (C=O) groups is 1. The predicted molar refractivity (Wildman–Crippen MR) is 120 cm³/mol. The second-order valence-corrected chi connectivity index (χ2v) is 9.08. The third-order valence-corrected chi connectivity index (χ3v) is 6.58. The number of benzene rings is 2. The summed E-state index contributed by atoms with van der Waals surface area (Å²) >= 11 is 6.38. The fourth-order valence-corrected chi connectivity index (χ4v) is 4.43. The molecule has 0 radical (unpaired) electrons. The number of aryl methyl sites for hydroxylation is 1. The van der Waals surface area contributed by atoms with Gasteiger partial charge in [-0.3, -0.25) is 4.79 Å². The zero-order chi connectivity index (χ0) is 22.9. The highest BCUT2D eigenvalue weighted by molar-refractivity contribution is 7.90. The first-order valence-electron chi connectivity index (χ1n) is 9.57. The third-order valence-electron chi connectivity index (χ3n) is 4.88. The minimum atomic E-state index is -4.02. The van der Waals surface area contributed by atoms with Gasteiger partial charge in [-0.15, -0.1) is 0 Å². The minimum absolute atomic E-state index is 0.00976. The van der Waals surface area contributed by atoms with Crippen molar-refractivity contribution >= 4 is 38.7 Å². The summed E-state index contributed by atoms with van der Waals surface area (Å²) in [4.78, 5) is 21.5. The van der Waals surface area contributed by atoms with E-state index in [-0.39, 0.29) is 10.6 Å². The largest absolute Gasteiger partial charge is 0.497 e. The molecule has 2 heterocycles. The number of hydrogen-bond acceptors (Lipinski definition) is 6. The fourth-order valence-electron chi connectivity index (χ4n) is 3.22. The standard InChI is InChI=1S/C22H19ClN4O4S/c1-14-24-19-10-11-20(22(28)26-32(29,30)17-6-4-3-5-7-17)25-21(19)27(14)13-15-8-9-16(31-2)12-18(15)23/h3-12H,13H2,1-2H3,(H,26,28). The molecule has 164 valence electrons. The molecule has 2 aromatic heterocycles. The van der Waals surface area contributed by atoms with Gasteiger partial charge < -0.3 is 9.30 Å². The normalized spacial score (nSPS) is 11.5. The van der Waals surface area contributed by atoms with Gasteiger partial charge in [0.25, 0.3) is 15.9 Å². The van der Waals surface area contributed by atoms with Crippen LogP contribution in [-0.2, 0) is 16.6 Å². The van der Waals surface area contributed by atoms with E-state index >= 15 is 0 Å². The summed E-state index contributed by atoms with van der Waals surface area (Å²) in [6.45, 7) is 2.18. The Labute approximate surface area is 189 Å². The summed E-state index contributed by atoms with van der Waals surface area (Å²) in [5.41, 5.74) is 1.80. The molecule has 32 heavy (non-hydrogen) atoms. The summed E-state index contributed by atoms with van der Waals surface area (Å²) in [5.74, 6) is 0.486. The van der Waals surface area contributed by atoms with Crippen molar-refractivity contribution in [3.8, 4) is 5.75 Å². The Morgan fingerprint density at radius 2 is 1.84 bits per heavy atom. The van der Waals surface area contributed by atoms with Crippen molar-refractivity contribution in [2.75, 3.05) is 7.11 Å². The maximum Gasteiger partial charge on any atom is 0.283 e. The molecule has 0 spiro atoms. The van der Waals surface area contributed by atoms with Crippen molar-refractivity contribution in [2.24, 2.45) is 0 Å². The zero-order valence-corrected chi connectivity index (χ0v) is 18.8. The molecule has 4 rings (SSSR count). The van der Waals surface area contributed by atoms with Crippen LogP contribution in [0, 0.1) is 6.92 Å². The number of imidazole rings is 1. The molecular formula is C22H19ClN4O4S. The highest BCUT2D eigenvalue weighted by Gasteiger charge is 2.21. The van der Waals surface area contributed by atoms with E-state index in [1.807, 2.05) is 17.6 Å². The van der Waals surface area contributed by atoms with Gasteiger partial charge in [-0.25, -0.2) is 23.1 Å². The van der Waals surface area contributed by atoms with Crippen molar-refractivity contribution in [3.63, 3.8) is 0 Å². The molecular weight excluding hydrogens is 452 g/mol. The number of carbonyl (C=O) groups excluding carboxylic acids is 1. The number of sulfonamides is 1. The van der Waals surface area contributed by atoms with Crippen LogP contribution in [0.2, 0.25) is 5.02 Å². The van der Waals surface area contributed by atoms with E-state index in [0.29, 0.717) is 34.3 Å². The summed E-state index contributed by atoms with van der Waals surface area (Å²) in [6.07, 6.45) is 0. The fraction of sp³-hybridized carbons (Fsp3) is 0.136. The molecule has 0 saturated heterocycles. The van der Waals surface area contributed by atoms with Crippen LogP contribution < -0.4 is 9.46 Å². The molecule has 0 aliphatic rings. The molecule has 10 heteroatoms. The average Bonchev–Trinajstić information content (AvgIpc) is 3.09. The number of aromatic nitrogens is 3. The molecule has 0 bridgehead atoms. The number of pyridine rings is 1. The number of hydrogen-bond donors (Lipinski definition) is 1. The van der Waals surface area contributed by atoms with E-state index in [9.17, 15) is 13.2 Å². The number of rotatable bonds is 6. The SMILES string of the molecule is COc1ccc(Cn2c(C)nc3ccc(C(=O)NS(=O)(=O)c4ccccc4)nc32)c(Cl)c1.